The van der Waals surface area contributed by atoms with Gasteiger partial charge in [-0.3, -0.25) is 4.79 Å². The van der Waals surface area contributed by atoms with E-state index in [2.05, 4.69) is 15.3 Å². The third-order valence-corrected chi connectivity index (χ3v) is 3.00. The SMILES string of the molecule is NCCOCCOCCOCCC(=O)NCCCc1ncccn1. The van der Waals surface area contributed by atoms with Crippen LogP contribution in [-0.2, 0) is 25.4 Å². The molecule has 24 heavy (non-hydrogen) atoms. The minimum atomic E-state index is -0.0138. The fraction of sp³-hybridized carbons (Fsp3) is 0.688. The highest BCUT2D eigenvalue weighted by atomic mass is 16.5. The summed E-state index contributed by atoms with van der Waals surface area (Å²) in [6.45, 7) is 4.09. The molecule has 0 atom stereocenters. The second-order valence-electron chi connectivity index (χ2n) is 4.99. The van der Waals surface area contributed by atoms with E-state index in [0.717, 1.165) is 18.7 Å². The van der Waals surface area contributed by atoms with Gasteiger partial charge in [0.25, 0.3) is 0 Å². The molecule has 3 N–H and O–H groups in total. The van der Waals surface area contributed by atoms with Gasteiger partial charge in [0.05, 0.1) is 39.6 Å². The molecule has 0 unspecified atom stereocenters. The number of rotatable bonds is 15. The van der Waals surface area contributed by atoms with Crippen molar-refractivity contribution in [2.45, 2.75) is 19.3 Å². The predicted molar refractivity (Wildman–Crippen MR) is 89.5 cm³/mol. The van der Waals surface area contributed by atoms with Crippen LogP contribution in [0.1, 0.15) is 18.7 Å². The molecule has 0 bridgehead atoms. The molecule has 8 nitrogen and oxygen atoms in total. The quantitative estimate of drug-likeness (QED) is 0.430. The first-order valence-electron chi connectivity index (χ1n) is 8.29. The van der Waals surface area contributed by atoms with E-state index in [1.807, 2.05) is 0 Å². The van der Waals surface area contributed by atoms with Crippen molar-refractivity contribution in [2.24, 2.45) is 5.73 Å². The lowest BCUT2D eigenvalue weighted by atomic mass is 10.3. The van der Waals surface area contributed by atoms with Gasteiger partial charge in [0.1, 0.15) is 5.82 Å². The zero-order chi connectivity index (χ0) is 17.3. The molecule has 0 aromatic carbocycles. The molecule has 0 spiro atoms. The molecule has 0 aliphatic rings. The summed E-state index contributed by atoms with van der Waals surface area (Å²) in [6.07, 6.45) is 5.35. The maximum atomic E-state index is 11.6. The highest BCUT2D eigenvalue weighted by Gasteiger charge is 2.01. The molecule has 0 aliphatic carbocycles. The summed E-state index contributed by atoms with van der Waals surface area (Å²) in [5.41, 5.74) is 5.29. The number of carbonyl (C=O) groups is 1. The number of ether oxygens (including phenoxy) is 3. The van der Waals surface area contributed by atoms with Crippen molar-refractivity contribution in [1.82, 2.24) is 15.3 Å². The summed E-state index contributed by atoms with van der Waals surface area (Å²) in [5, 5.41) is 2.85. The van der Waals surface area contributed by atoms with Gasteiger partial charge in [-0.1, -0.05) is 0 Å². The van der Waals surface area contributed by atoms with E-state index >= 15 is 0 Å². The van der Waals surface area contributed by atoms with Crippen molar-refractivity contribution in [3.8, 4) is 0 Å². The lowest BCUT2D eigenvalue weighted by Gasteiger charge is -2.07. The molecule has 0 saturated carbocycles. The van der Waals surface area contributed by atoms with Crippen molar-refractivity contribution in [3.05, 3.63) is 24.3 Å². The van der Waals surface area contributed by atoms with Crippen LogP contribution < -0.4 is 11.1 Å². The lowest BCUT2D eigenvalue weighted by Crippen LogP contribution is -2.26. The largest absolute Gasteiger partial charge is 0.379 e. The van der Waals surface area contributed by atoms with Crippen LogP contribution in [0.3, 0.4) is 0 Å². The molecule has 1 aromatic rings. The summed E-state index contributed by atoms with van der Waals surface area (Å²) < 4.78 is 15.8. The number of nitrogens with two attached hydrogens (primary N) is 1. The molecular weight excluding hydrogens is 312 g/mol. The molecule has 0 radical (unpaired) electrons. The smallest absolute Gasteiger partial charge is 0.222 e. The number of aromatic nitrogens is 2. The van der Waals surface area contributed by atoms with E-state index in [-0.39, 0.29) is 5.91 Å². The average Bonchev–Trinajstić information content (AvgIpc) is 2.61. The zero-order valence-electron chi connectivity index (χ0n) is 14.1. The molecule has 1 aromatic heterocycles. The topological polar surface area (TPSA) is 109 Å². The Morgan fingerprint density at radius 2 is 1.62 bits per heavy atom. The van der Waals surface area contributed by atoms with Crippen LogP contribution in [0.25, 0.3) is 0 Å². The van der Waals surface area contributed by atoms with Crippen molar-refractivity contribution < 1.29 is 19.0 Å². The average molecular weight is 340 g/mol. The van der Waals surface area contributed by atoms with E-state index in [0.29, 0.717) is 59.2 Å². The number of nitrogens with zero attached hydrogens (tertiary/aromatic N) is 2. The zero-order valence-corrected chi connectivity index (χ0v) is 14.1. The minimum Gasteiger partial charge on any atom is -0.379 e. The highest BCUT2D eigenvalue weighted by molar-refractivity contribution is 5.75. The number of hydrogen-bond acceptors (Lipinski definition) is 7. The second kappa shape index (κ2) is 14.9. The second-order valence-corrected chi connectivity index (χ2v) is 4.99. The number of hydrogen-bond donors (Lipinski definition) is 2. The van der Waals surface area contributed by atoms with Gasteiger partial charge in [-0.15, -0.1) is 0 Å². The van der Waals surface area contributed by atoms with Gasteiger partial charge in [-0.05, 0) is 12.5 Å². The van der Waals surface area contributed by atoms with Gasteiger partial charge in [-0.2, -0.15) is 0 Å². The summed E-state index contributed by atoms with van der Waals surface area (Å²) in [4.78, 5) is 19.9. The third kappa shape index (κ3) is 11.9. The van der Waals surface area contributed by atoms with Gasteiger partial charge in [-0.25, -0.2) is 9.97 Å². The van der Waals surface area contributed by atoms with Crippen LogP contribution in [0.4, 0.5) is 0 Å². The molecule has 136 valence electrons. The summed E-state index contributed by atoms with van der Waals surface area (Å²) in [7, 11) is 0. The molecule has 0 fully saturated rings. The Balaban J connectivity index is 1.83. The normalized spacial score (nSPS) is 10.7. The van der Waals surface area contributed by atoms with Crippen LogP contribution in [0.15, 0.2) is 18.5 Å². The monoisotopic (exact) mass is 340 g/mol. The lowest BCUT2D eigenvalue weighted by molar-refractivity contribution is -0.122. The molecule has 8 heteroatoms. The molecular formula is C16H28N4O4. The molecule has 1 rings (SSSR count). The number of aryl methyl sites for hydroxylation is 1. The summed E-state index contributed by atoms with van der Waals surface area (Å²) in [5.74, 6) is 0.781. The Morgan fingerprint density at radius 1 is 1.00 bits per heavy atom. The fourth-order valence-electron chi connectivity index (χ4n) is 1.81. The van der Waals surface area contributed by atoms with Crippen molar-refractivity contribution in [1.29, 1.82) is 0 Å². The maximum absolute atomic E-state index is 11.6. The first kappa shape index (κ1) is 20.4. The number of amides is 1. The van der Waals surface area contributed by atoms with Gasteiger partial charge in [0.15, 0.2) is 0 Å². The fourth-order valence-corrected chi connectivity index (χ4v) is 1.81. The van der Waals surface area contributed by atoms with E-state index < -0.39 is 0 Å². The Morgan fingerprint density at radius 3 is 2.29 bits per heavy atom. The van der Waals surface area contributed by atoms with Gasteiger partial charge >= 0.3 is 0 Å². The highest BCUT2D eigenvalue weighted by Crippen LogP contribution is 1.93. The minimum absolute atomic E-state index is 0.0138. The molecule has 1 heterocycles. The molecule has 0 aliphatic heterocycles. The molecule has 0 saturated heterocycles. The van der Waals surface area contributed by atoms with Gasteiger partial charge < -0.3 is 25.3 Å². The van der Waals surface area contributed by atoms with E-state index in [1.54, 1.807) is 18.5 Å². The van der Waals surface area contributed by atoms with Crippen LogP contribution in [0.2, 0.25) is 0 Å². The van der Waals surface area contributed by atoms with Gasteiger partial charge in [0.2, 0.25) is 5.91 Å². The number of nitrogens with one attached hydrogen (secondary N) is 1. The van der Waals surface area contributed by atoms with Crippen molar-refractivity contribution >= 4 is 5.91 Å². The third-order valence-electron chi connectivity index (χ3n) is 3.00. The Hall–Kier alpha value is -1.61. The Bertz CT molecular complexity index is 420. The van der Waals surface area contributed by atoms with E-state index in [9.17, 15) is 4.79 Å². The van der Waals surface area contributed by atoms with Crippen molar-refractivity contribution in [2.75, 3.05) is 52.7 Å². The van der Waals surface area contributed by atoms with E-state index in [4.69, 9.17) is 19.9 Å². The van der Waals surface area contributed by atoms with Crippen LogP contribution in [0, 0.1) is 0 Å². The first-order chi connectivity index (χ1) is 11.8. The predicted octanol–water partition coefficient (Wildman–Crippen LogP) is -0.0760. The molecule has 1 amide bonds. The summed E-state index contributed by atoms with van der Waals surface area (Å²) >= 11 is 0. The van der Waals surface area contributed by atoms with Crippen molar-refractivity contribution in [3.63, 3.8) is 0 Å². The Kier molecular flexibility index (Phi) is 12.7. The van der Waals surface area contributed by atoms with Crippen LogP contribution in [0.5, 0.6) is 0 Å². The number of carbonyl (C=O) groups excluding carboxylic acids is 1. The van der Waals surface area contributed by atoms with Crippen LogP contribution in [-0.4, -0.2) is 68.6 Å². The van der Waals surface area contributed by atoms with Crippen LogP contribution >= 0.6 is 0 Å². The van der Waals surface area contributed by atoms with Gasteiger partial charge in [0, 0.05) is 38.3 Å². The standard InChI is InChI=1S/C16H28N4O4/c17-5-10-23-12-14-24-13-11-22-9-4-16(21)20-6-1-3-15-18-7-2-8-19-15/h2,7-8H,1,3-6,9-14,17H2,(H,20,21). The Labute approximate surface area is 143 Å². The maximum Gasteiger partial charge on any atom is 0.222 e. The first-order valence-corrected chi connectivity index (χ1v) is 8.29. The van der Waals surface area contributed by atoms with E-state index in [1.165, 1.54) is 0 Å². The summed E-state index contributed by atoms with van der Waals surface area (Å²) in [6, 6.07) is 1.78.